The lowest BCUT2D eigenvalue weighted by molar-refractivity contribution is -0.137. The zero-order chi connectivity index (χ0) is 20.7. The summed E-state index contributed by atoms with van der Waals surface area (Å²) in [5, 5.41) is 7.80. The first-order chi connectivity index (χ1) is 13.0. The lowest BCUT2D eigenvalue weighted by Crippen LogP contribution is -2.30. The van der Waals surface area contributed by atoms with Crippen LogP contribution in [0.1, 0.15) is 37.5 Å². The van der Waals surface area contributed by atoms with Crippen molar-refractivity contribution in [2.45, 2.75) is 32.4 Å². The normalized spacial score (nSPS) is 16.9. The summed E-state index contributed by atoms with van der Waals surface area (Å²) in [4.78, 5) is 13.8. The second-order valence-electron chi connectivity index (χ2n) is 7.44. The molecule has 1 amide bonds. The maximum absolute atomic E-state index is 13.3. The molecule has 1 aliphatic heterocycles. The van der Waals surface area contributed by atoms with Gasteiger partial charge < -0.3 is 0 Å². The molecule has 3 nitrogen and oxygen atoms in total. The van der Waals surface area contributed by atoms with E-state index in [-0.39, 0.29) is 21.2 Å². The SMILES string of the molecule is CC(C)(C)c1ccc(/C=C2\SC(=N)N(c3ccccc3C(F)(F)F)C2=O)cc1. The maximum atomic E-state index is 13.3. The van der Waals surface area contributed by atoms with E-state index in [1.165, 1.54) is 18.2 Å². The van der Waals surface area contributed by atoms with Gasteiger partial charge in [-0.05, 0) is 46.5 Å². The summed E-state index contributed by atoms with van der Waals surface area (Å²) < 4.78 is 39.9. The van der Waals surface area contributed by atoms with Crippen LogP contribution in [0.2, 0.25) is 0 Å². The van der Waals surface area contributed by atoms with Gasteiger partial charge in [-0.25, -0.2) is 0 Å². The van der Waals surface area contributed by atoms with Crippen LogP contribution in [0.3, 0.4) is 0 Å². The summed E-state index contributed by atoms with van der Waals surface area (Å²) >= 11 is 0.854. The highest BCUT2D eigenvalue weighted by molar-refractivity contribution is 8.19. The van der Waals surface area contributed by atoms with Crippen molar-refractivity contribution in [2.75, 3.05) is 4.90 Å². The molecule has 0 aliphatic carbocycles. The molecule has 0 spiro atoms. The number of carbonyl (C=O) groups is 1. The number of amides is 1. The number of carbonyl (C=O) groups excluding carboxylic acids is 1. The van der Waals surface area contributed by atoms with Crippen LogP contribution in [0, 0.1) is 5.41 Å². The van der Waals surface area contributed by atoms with Crippen molar-refractivity contribution in [1.82, 2.24) is 0 Å². The van der Waals surface area contributed by atoms with Crippen molar-refractivity contribution in [1.29, 1.82) is 5.41 Å². The predicted octanol–water partition coefficient (Wildman–Crippen LogP) is 6.06. The molecule has 2 aromatic rings. The molecular formula is C21H19F3N2OS. The van der Waals surface area contributed by atoms with Gasteiger partial charge in [-0.1, -0.05) is 57.2 Å². The minimum Gasteiger partial charge on any atom is -0.278 e. The monoisotopic (exact) mass is 404 g/mol. The molecule has 28 heavy (non-hydrogen) atoms. The molecule has 1 saturated heterocycles. The zero-order valence-corrected chi connectivity index (χ0v) is 16.4. The largest absolute Gasteiger partial charge is 0.418 e. The van der Waals surface area contributed by atoms with Gasteiger partial charge in [0, 0.05) is 0 Å². The van der Waals surface area contributed by atoms with Crippen LogP contribution in [0.15, 0.2) is 53.4 Å². The molecule has 1 heterocycles. The van der Waals surface area contributed by atoms with Gasteiger partial charge in [0.25, 0.3) is 5.91 Å². The molecule has 0 bridgehead atoms. The van der Waals surface area contributed by atoms with Crippen LogP contribution >= 0.6 is 11.8 Å². The van der Waals surface area contributed by atoms with E-state index in [2.05, 4.69) is 20.8 Å². The van der Waals surface area contributed by atoms with E-state index in [9.17, 15) is 18.0 Å². The Hall–Kier alpha value is -2.54. The van der Waals surface area contributed by atoms with Gasteiger partial charge in [0.2, 0.25) is 0 Å². The van der Waals surface area contributed by atoms with E-state index >= 15 is 0 Å². The van der Waals surface area contributed by atoms with Gasteiger partial charge in [0.05, 0.1) is 16.2 Å². The molecule has 3 rings (SSSR count). The Bertz CT molecular complexity index is 957. The van der Waals surface area contributed by atoms with E-state index in [0.29, 0.717) is 0 Å². The summed E-state index contributed by atoms with van der Waals surface area (Å²) in [6, 6.07) is 12.4. The Labute approximate surface area is 165 Å². The first-order valence-corrected chi connectivity index (χ1v) is 9.39. The van der Waals surface area contributed by atoms with Gasteiger partial charge in [0.15, 0.2) is 5.17 Å². The fourth-order valence-corrected chi connectivity index (χ4v) is 3.70. The summed E-state index contributed by atoms with van der Waals surface area (Å²) in [6.07, 6.45) is -3.01. The Morgan fingerprint density at radius 1 is 1.00 bits per heavy atom. The average molecular weight is 404 g/mol. The Morgan fingerprint density at radius 2 is 1.61 bits per heavy atom. The molecule has 1 fully saturated rings. The standard InChI is InChI=1S/C21H19F3N2OS/c1-20(2,3)14-10-8-13(9-11-14)12-17-18(27)26(19(25)28-17)16-7-5-4-6-15(16)21(22,23)24/h4-12,25H,1-3H3/b17-12-,25-19?. The molecule has 0 atom stereocenters. The summed E-state index contributed by atoms with van der Waals surface area (Å²) in [7, 11) is 0. The molecule has 0 radical (unpaired) electrons. The number of amidine groups is 1. The number of benzene rings is 2. The molecule has 7 heteroatoms. The predicted molar refractivity (Wildman–Crippen MR) is 107 cm³/mol. The first-order valence-electron chi connectivity index (χ1n) is 8.58. The minimum absolute atomic E-state index is 0.0101. The second kappa shape index (κ2) is 7.13. The van der Waals surface area contributed by atoms with Gasteiger partial charge in [0.1, 0.15) is 0 Å². The van der Waals surface area contributed by atoms with Gasteiger partial charge in [-0.15, -0.1) is 0 Å². The highest BCUT2D eigenvalue weighted by Crippen LogP contribution is 2.41. The molecule has 1 N–H and O–H groups in total. The van der Waals surface area contributed by atoms with E-state index in [1.54, 1.807) is 6.08 Å². The third-order valence-electron chi connectivity index (χ3n) is 4.35. The minimum atomic E-state index is -4.61. The van der Waals surface area contributed by atoms with Crippen LogP contribution in [-0.4, -0.2) is 11.1 Å². The van der Waals surface area contributed by atoms with Crippen molar-refractivity contribution < 1.29 is 18.0 Å². The molecule has 2 aromatic carbocycles. The van der Waals surface area contributed by atoms with Crippen molar-refractivity contribution in [3.8, 4) is 0 Å². The summed E-state index contributed by atoms with van der Waals surface area (Å²) in [5.41, 5.74) is 0.605. The fraction of sp³-hybridized carbons (Fsp3) is 0.238. The number of nitrogens with zero attached hydrogens (tertiary/aromatic N) is 1. The molecular weight excluding hydrogens is 385 g/mol. The van der Waals surface area contributed by atoms with Crippen LogP contribution in [0.4, 0.5) is 18.9 Å². The van der Waals surface area contributed by atoms with E-state index in [4.69, 9.17) is 5.41 Å². The van der Waals surface area contributed by atoms with E-state index < -0.39 is 17.6 Å². The molecule has 146 valence electrons. The lowest BCUT2D eigenvalue weighted by Gasteiger charge is -2.20. The van der Waals surface area contributed by atoms with Crippen LogP contribution in [0.25, 0.3) is 6.08 Å². The molecule has 0 aromatic heterocycles. The lowest BCUT2D eigenvalue weighted by atomic mass is 9.87. The van der Waals surface area contributed by atoms with Gasteiger partial charge in [-0.3, -0.25) is 15.1 Å². The summed E-state index contributed by atoms with van der Waals surface area (Å²) in [6.45, 7) is 6.27. The van der Waals surface area contributed by atoms with Crippen molar-refractivity contribution in [3.63, 3.8) is 0 Å². The number of halogens is 3. The maximum Gasteiger partial charge on any atom is 0.418 e. The van der Waals surface area contributed by atoms with Gasteiger partial charge in [-0.2, -0.15) is 13.2 Å². The Balaban J connectivity index is 1.94. The number of thioether (sulfide) groups is 1. The molecule has 0 saturated carbocycles. The number of hydrogen-bond donors (Lipinski definition) is 1. The van der Waals surface area contributed by atoms with Crippen LogP contribution < -0.4 is 4.90 Å². The zero-order valence-electron chi connectivity index (χ0n) is 15.6. The number of nitrogens with one attached hydrogen (secondary N) is 1. The second-order valence-corrected chi connectivity index (χ2v) is 8.47. The Kier molecular flexibility index (Phi) is 5.14. The quantitative estimate of drug-likeness (QED) is 0.619. The van der Waals surface area contributed by atoms with Crippen LogP contribution in [-0.2, 0) is 16.4 Å². The fourth-order valence-electron chi connectivity index (χ4n) is 2.84. The first kappa shape index (κ1) is 20.2. The van der Waals surface area contributed by atoms with Gasteiger partial charge >= 0.3 is 6.18 Å². The Morgan fingerprint density at radius 3 is 2.18 bits per heavy atom. The number of para-hydroxylation sites is 1. The highest BCUT2D eigenvalue weighted by atomic mass is 32.2. The number of hydrogen-bond acceptors (Lipinski definition) is 3. The topological polar surface area (TPSA) is 44.2 Å². The van der Waals surface area contributed by atoms with Crippen molar-refractivity contribution in [3.05, 3.63) is 70.1 Å². The highest BCUT2D eigenvalue weighted by Gasteiger charge is 2.40. The summed E-state index contributed by atoms with van der Waals surface area (Å²) in [5.74, 6) is -0.633. The van der Waals surface area contributed by atoms with E-state index in [0.717, 1.165) is 33.9 Å². The number of rotatable bonds is 2. The smallest absolute Gasteiger partial charge is 0.278 e. The number of alkyl halides is 3. The molecule has 1 aliphatic rings. The van der Waals surface area contributed by atoms with Crippen molar-refractivity contribution in [2.24, 2.45) is 0 Å². The third kappa shape index (κ3) is 3.99. The molecule has 0 unspecified atom stereocenters. The third-order valence-corrected chi connectivity index (χ3v) is 5.24. The number of anilines is 1. The van der Waals surface area contributed by atoms with Crippen LogP contribution in [0.5, 0.6) is 0 Å². The van der Waals surface area contributed by atoms with E-state index in [1.807, 2.05) is 24.3 Å². The average Bonchev–Trinajstić information content (AvgIpc) is 2.87. The van der Waals surface area contributed by atoms with Crippen molar-refractivity contribution >= 4 is 34.6 Å².